The number of esters is 2. The molecule has 0 aliphatic carbocycles. The molecule has 3 rings (SSSR count). The van der Waals surface area contributed by atoms with Crippen molar-refractivity contribution in [2.45, 2.75) is 6.54 Å². The number of carbonyl (C=O) groups is 2. The van der Waals surface area contributed by atoms with E-state index in [9.17, 15) is 14.4 Å². The van der Waals surface area contributed by atoms with Gasteiger partial charge in [-0.25, -0.2) is 14.4 Å². The van der Waals surface area contributed by atoms with Crippen LogP contribution < -0.4 is 11.5 Å². The third-order valence-corrected chi connectivity index (χ3v) is 4.87. The molecule has 2 N–H and O–H groups in total. The highest BCUT2D eigenvalue weighted by Crippen LogP contribution is 2.33. The van der Waals surface area contributed by atoms with Crippen LogP contribution in [-0.2, 0) is 16.0 Å². The van der Waals surface area contributed by atoms with Crippen molar-refractivity contribution >= 4 is 28.3 Å². The molecular formula is C17H15N3O6S. The summed E-state index contributed by atoms with van der Waals surface area (Å²) in [4.78, 5) is 36.6. The summed E-state index contributed by atoms with van der Waals surface area (Å²) < 4.78 is 15.5. The zero-order chi connectivity index (χ0) is 19.6. The van der Waals surface area contributed by atoms with Crippen molar-refractivity contribution in [1.82, 2.24) is 9.72 Å². The fourth-order valence-electron chi connectivity index (χ4n) is 2.58. The summed E-state index contributed by atoms with van der Waals surface area (Å²) >= 11 is 0.883. The van der Waals surface area contributed by atoms with Crippen LogP contribution >= 0.6 is 11.3 Å². The highest BCUT2D eigenvalue weighted by atomic mass is 32.1. The van der Waals surface area contributed by atoms with Crippen LogP contribution in [0.25, 0.3) is 11.4 Å². The Kier molecular flexibility index (Phi) is 5.08. The van der Waals surface area contributed by atoms with E-state index in [0.717, 1.165) is 11.3 Å². The summed E-state index contributed by atoms with van der Waals surface area (Å²) in [6.07, 6.45) is 0. The molecule has 0 radical (unpaired) electrons. The van der Waals surface area contributed by atoms with Gasteiger partial charge in [-0.15, -0.1) is 11.3 Å². The number of hydrogen-bond donors (Lipinski definition) is 1. The van der Waals surface area contributed by atoms with Crippen LogP contribution in [0, 0.1) is 0 Å². The minimum Gasteiger partial charge on any atom is -0.465 e. The number of nitrogens with two attached hydrogens (primary N) is 1. The van der Waals surface area contributed by atoms with E-state index in [1.165, 1.54) is 18.8 Å². The third kappa shape index (κ3) is 3.34. The minimum atomic E-state index is -0.745. The van der Waals surface area contributed by atoms with Gasteiger partial charge in [-0.2, -0.15) is 0 Å². The van der Waals surface area contributed by atoms with Gasteiger partial charge >= 0.3 is 17.7 Å². The first-order valence-corrected chi connectivity index (χ1v) is 8.49. The SMILES string of the molecule is COC(=O)c1sc(N)c(C(=O)OC)c1Cn1c(-c2ccccc2)noc1=O. The zero-order valence-electron chi connectivity index (χ0n) is 14.4. The summed E-state index contributed by atoms with van der Waals surface area (Å²) in [5.41, 5.74) is 6.76. The molecule has 0 fully saturated rings. The van der Waals surface area contributed by atoms with Crippen LogP contribution in [0.15, 0.2) is 39.6 Å². The first-order valence-electron chi connectivity index (χ1n) is 7.67. The molecule has 0 spiro atoms. The number of rotatable bonds is 5. The maximum Gasteiger partial charge on any atom is 0.442 e. The smallest absolute Gasteiger partial charge is 0.442 e. The average Bonchev–Trinajstić information content (AvgIpc) is 3.21. The fourth-order valence-corrected chi connectivity index (χ4v) is 3.56. The lowest BCUT2D eigenvalue weighted by Crippen LogP contribution is -2.19. The molecule has 0 saturated heterocycles. The Morgan fingerprint density at radius 1 is 1.19 bits per heavy atom. The Labute approximate surface area is 156 Å². The van der Waals surface area contributed by atoms with E-state index in [2.05, 4.69) is 5.16 Å². The molecule has 27 heavy (non-hydrogen) atoms. The normalized spacial score (nSPS) is 10.6. The summed E-state index contributed by atoms with van der Waals surface area (Å²) in [6, 6.07) is 8.87. The number of nitrogen functional groups attached to an aromatic ring is 1. The van der Waals surface area contributed by atoms with Gasteiger partial charge in [0.05, 0.1) is 26.3 Å². The van der Waals surface area contributed by atoms with Crippen molar-refractivity contribution in [2.75, 3.05) is 20.0 Å². The topological polar surface area (TPSA) is 127 Å². The molecule has 0 saturated carbocycles. The summed E-state index contributed by atoms with van der Waals surface area (Å²) in [5.74, 6) is -1.90. The Morgan fingerprint density at radius 3 is 2.48 bits per heavy atom. The van der Waals surface area contributed by atoms with E-state index < -0.39 is 17.7 Å². The number of hydrogen-bond acceptors (Lipinski definition) is 9. The number of carbonyl (C=O) groups excluding carboxylic acids is 2. The maximum absolute atomic E-state index is 12.2. The van der Waals surface area contributed by atoms with Crippen LogP contribution in [0.2, 0.25) is 0 Å². The molecule has 3 aromatic rings. The van der Waals surface area contributed by atoms with Gasteiger partial charge in [0.1, 0.15) is 9.88 Å². The second kappa shape index (κ2) is 7.46. The molecule has 140 valence electrons. The Bertz CT molecular complexity index is 1050. The molecule has 0 aliphatic rings. The molecule has 0 amide bonds. The van der Waals surface area contributed by atoms with Gasteiger partial charge in [-0.3, -0.25) is 9.09 Å². The Balaban J connectivity index is 2.17. The summed E-state index contributed by atoms with van der Waals surface area (Å²) in [5, 5.41) is 3.88. The van der Waals surface area contributed by atoms with Crippen molar-refractivity contribution in [1.29, 1.82) is 0 Å². The van der Waals surface area contributed by atoms with Crippen molar-refractivity contribution in [3.8, 4) is 11.4 Å². The quantitative estimate of drug-likeness (QED) is 0.654. The third-order valence-electron chi connectivity index (χ3n) is 3.83. The molecule has 0 aliphatic heterocycles. The molecule has 0 unspecified atom stereocenters. The highest BCUT2D eigenvalue weighted by molar-refractivity contribution is 7.18. The maximum atomic E-state index is 12.2. The number of ether oxygens (including phenoxy) is 2. The average molecular weight is 389 g/mol. The van der Waals surface area contributed by atoms with Gasteiger partial charge in [0.15, 0.2) is 5.82 Å². The highest BCUT2D eigenvalue weighted by Gasteiger charge is 2.28. The number of anilines is 1. The van der Waals surface area contributed by atoms with Crippen LogP contribution in [0.3, 0.4) is 0 Å². The van der Waals surface area contributed by atoms with Gasteiger partial charge in [-0.1, -0.05) is 35.5 Å². The number of methoxy groups -OCH3 is 2. The predicted octanol–water partition coefficient (Wildman–Crippen LogP) is 1.77. The number of nitrogens with zero attached hydrogens (tertiary/aromatic N) is 2. The summed E-state index contributed by atoms with van der Waals surface area (Å²) in [6.45, 7) is -0.172. The Hall–Kier alpha value is -3.40. The molecule has 9 nitrogen and oxygen atoms in total. The number of thiophene rings is 1. The lowest BCUT2D eigenvalue weighted by molar-refractivity contribution is 0.0601. The van der Waals surface area contributed by atoms with E-state index in [4.69, 9.17) is 19.7 Å². The largest absolute Gasteiger partial charge is 0.465 e. The van der Waals surface area contributed by atoms with Crippen molar-refractivity contribution < 1.29 is 23.6 Å². The molecule has 1 aromatic carbocycles. The van der Waals surface area contributed by atoms with Gasteiger partial charge in [0.2, 0.25) is 0 Å². The van der Waals surface area contributed by atoms with Gasteiger partial charge in [0, 0.05) is 11.1 Å². The molecule has 0 bridgehead atoms. The van der Waals surface area contributed by atoms with Crippen LogP contribution in [0.4, 0.5) is 5.00 Å². The number of benzene rings is 1. The first kappa shape index (κ1) is 18.4. The van der Waals surface area contributed by atoms with Crippen LogP contribution in [-0.4, -0.2) is 35.9 Å². The van der Waals surface area contributed by atoms with Gasteiger partial charge in [-0.05, 0) is 0 Å². The molecule has 2 aromatic heterocycles. The van der Waals surface area contributed by atoms with Crippen LogP contribution in [0.1, 0.15) is 25.6 Å². The van der Waals surface area contributed by atoms with Crippen molar-refractivity contribution in [2.24, 2.45) is 0 Å². The predicted molar refractivity (Wildman–Crippen MR) is 96.7 cm³/mol. The van der Waals surface area contributed by atoms with E-state index >= 15 is 0 Å². The van der Waals surface area contributed by atoms with Crippen molar-refractivity contribution in [3.63, 3.8) is 0 Å². The fraction of sp³-hybridized carbons (Fsp3) is 0.176. The van der Waals surface area contributed by atoms with E-state index in [1.54, 1.807) is 24.3 Å². The monoisotopic (exact) mass is 389 g/mol. The van der Waals surface area contributed by atoms with Gasteiger partial charge in [0.25, 0.3) is 0 Å². The first-order chi connectivity index (χ1) is 13.0. The second-order valence-electron chi connectivity index (χ2n) is 5.36. The van der Waals surface area contributed by atoms with Gasteiger partial charge < -0.3 is 15.2 Å². The second-order valence-corrected chi connectivity index (χ2v) is 6.41. The molecule has 2 heterocycles. The molecule has 0 atom stereocenters. The minimum absolute atomic E-state index is 0.00927. The lowest BCUT2D eigenvalue weighted by Gasteiger charge is -2.08. The Morgan fingerprint density at radius 2 is 1.85 bits per heavy atom. The van der Waals surface area contributed by atoms with Crippen LogP contribution in [0.5, 0.6) is 0 Å². The number of aromatic nitrogens is 2. The summed E-state index contributed by atoms with van der Waals surface area (Å²) in [7, 11) is 2.41. The lowest BCUT2D eigenvalue weighted by atomic mass is 10.1. The zero-order valence-corrected chi connectivity index (χ0v) is 15.2. The molecule has 10 heteroatoms. The van der Waals surface area contributed by atoms with Crippen molar-refractivity contribution in [3.05, 3.63) is 56.9 Å². The molecular weight excluding hydrogens is 374 g/mol. The standard InChI is InChI=1S/C17H15N3O6S/c1-24-15(21)11-10(12(16(22)25-2)27-13(11)18)8-20-14(19-26-17(20)23)9-6-4-3-5-7-9/h3-7H,8,18H2,1-2H3. The van der Waals surface area contributed by atoms with E-state index in [0.29, 0.717) is 5.56 Å². The van der Waals surface area contributed by atoms with E-state index in [1.807, 2.05) is 6.07 Å². The van der Waals surface area contributed by atoms with E-state index in [-0.39, 0.29) is 33.4 Å².